The molecule has 1 amide bonds. The molecule has 3 aromatic rings. The van der Waals surface area contributed by atoms with E-state index in [1.807, 2.05) is 6.07 Å². The molecule has 0 fully saturated rings. The summed E-state index contributed by atoms with van der Waals surface area (Å²) in [4.78, 5) is 28.1. The van der Waals surface area contributed by atoms with Gasteiger partial charge in [0.15, 0.2) is 5.69 Å². The molecule has 0 spiro atoms. The Kier molecular flexibility index (Phi) is 9.39. The third-order valence-electron chi connectivity index (χ3n) is 5.98. The van der Waals surface area contributed by atoms with E-state index in [1.54, 1.807) is 55.5 Å². The van der Waals surface area contributed by atoms with Crippen molar-refractivity contribution in [3.8, 4) is 5.75 Å². The standard InChI is InChI=1S/C30H31FN2O4/c1-19(2)14-28(23-10-12-27(31)20(3)15-23)33-30(36)26-16-21(8-9-22(26)11-13-29(34)35)18-37-25-7-5-6-24(17-25)32-4/h5-10,12,15-17,19,28H,11,13-14,18H2,1-3H3,(H,33,36)(H,34,35). The van der Waals surface area contributed by atoms with E-state index in [-0.39, 0.29) is 43.1 Å². The van der Waals surface area contributed by atoms with Crippen LogP contribution in [0.3, 0.4) is 0 Å². The number of benzene rings is 3. The predicted molar refractivity (Wildman–Crippen MR) is 140 cm³/mol. The number of carboxylic acid groups (broad SMARTS) is 1. The van der Waals surface area contributed by atoms with Crippen LogP contribution in [0, 0.1) is 25.2 Å². The third-order valence-corrected chi connectivity index (χ3v) is 5.98. The Balaban J connectivity index is 1.88. The van der Waals surface area contributed by atoms with Crippen LogP contribution in [-0.4, -0.2) is 17.0 Å². The van der Waals surface area contributed by atoms with Gasteiger partial charge in [0.1, 0.15) is 18.2 Å². The Morgan fingerprint density at radius 3 is 2.57 bits per heavy atom. The number of rotatable bonds is 11. The molecule has 0 aliphatic carbocycles. The van der Waals surface area contributed by atoms with Crippen LogP contribution in [0.25, 0.3) is 4.85 Å². The molecule has 192 valence electrons. The smallest absolute Gasteiger partial charge is 0.303 e. The molecule has 0 radical (unpaired) electrons. The number of aryl methyl sites for hydroxylation is 2. The summed E-state index contributed by atoms with van der Waals surface area (Å²) in [6.07, 6.45) is 0.754. The summed E-state index contributed by atoms with van der Waals surface area (Å²) in [5, 5.41) is 12.3. The molecule has 6 nitrogen and oxygen atoms in total. The van der Waals surface area contributed by atoms with Crippen molar-refractivity contribution in [1.82, 2.24) is 5.32 Å². The van der Waals surface area contributed by atoms with Gasteiger partial charge in [-0.05, 0) is 72.2 Å². The van der Waals surface area contributed by atoms with E-state index in [9.17, 15) is 19.1 Å². The summed E-state index contributed by atoms with van der Waals surface area (Å²) in [5.74, 6) is -0.766. The number of carbonyl (C=O) groups is 2. The first-order valence-corrected chi connectivity index (χ1v) is 12.2. The molecule has 37 heavy (non-hydrogen) atoms. The zero-order valence-corrected chi connectivity index (χ0v) is 21.3. The van der Waals surface area contributed by atoms with Gasteiger partial charge >= 0.3 is 5.97 Å². The lowest BCUT2D eigenvalue weighted by Gasteiger charge is -2.23. The van der Waals surface area contributed by atoms with Crippen molar-refractivity contribution in [3.63, 3.8) is 0 Å². The highest BCUT2D eigenvalue weighted by atomic mass is 19.1. The molecule has 0 aliphatic heterocycles. The number of carbonyl (C=O) groups excluding carboxylic acids is 1. The van der Waals surface area contributed by atoms with E-state index >= 15 is 0 Å². The van der Waals surface area contributed by atoms with Gasteiger partial charge in [0.05, 0.1) is 12.6 Å². The van der Waals surface area contributed by atoms with Gasteiger partial charge in [-0.2, -0.15) is 0 Å². The molecular formula is C30H31FN2O4. The fraction of sp³-hybridized carbons (Fsp3) is 0.300. The van der Waals surface area contributed by atoms with Crippen molar-refractivity contribution in [2.75, 3.05) is 0 Å². The first-order valence-electron chi connectivity index (χ1n) is 12.2. The van der Waals surface area contributed by atoms with Gasteiger partial charge in [-0.25, -0.2) is 9.24 Å². The van der Waals surface area contributed by atoms with Crippen molar-refractivity contribution in [3.05, 3.63) is 106 Å². The van der Waals surface area contributed by atoms with Crippen LogP contribution >= 0.6 is 0 Å². The minimum Gasteiger partial charge on any atom is -0.490 e. The number of aliphatic carboxylic acids is 1. The molecule has 7 heteroatoms. The second kappa shape index (κ2) is 12.7. The van der Waals surface area contributed by atoms with E-state index in [1.165, 1.54) is 6.07 Å². The molecule has 0 saturated carbocycles. The van der Waals surface area contributed by atoms with Crippen LogP contribution in [0.15, 0.2) is 60.7 Å². The maximum Gasteiger partial charge on any atom is 0.303 e. The predicted octanol–water partition coefficient (Wildman–Crippen LogP) is 6.80. The summed E-state index contributed by atoms with van der Waals surface area (Å²) in [7, 11) is 0. The fourth-order valence-electron chi connectivity index (χ4n) is 4.06. The Hall–Kier alpha value is -4.18. The largest absolute Gasteiger partial charge is 0.490 e. The summed E-state index contributed by atoms with van der Waals surface area (Å²) in [5.41, 5.74) is 3.52. The second-order valence-corrected chi connectivity index (χ2v) is 9.45. The number of carboxylic acids is 1. The molecule has 0 aromatic heterocycles. The lowest BCUT2D eigenvalue weighted by atomic mass is 9.94. The zero-order valence-electron chi connectivity index (χ0n) is 21.3. The second-order valence-electron chi connectivity index (χ2n) is 9.45. The number of hydrogen-bond acceptors (Lipinski definition) is 3. The lowest BCUT2D eigenvalue weighted by molar-refractivity contribution is -0.136. The normalized spacial score (nSPS) is 11.6. The molecular weight excluding hydrogens is 471 g/mol. The minimum atomic E-state index is -0.946. The highest BCUT2D eigenvalue weighted by molar-refractivity contribution is 5.96. The van der Waals surface area contributed by atoms with E-state index in [2.05, 4.69) is 24.0 Å². The maximum atomic E-state index is 13.9. The number of hydrogen-bond donors (Lipinski definition) is 2. The van der Waals surface area contributed by atoms with Gasteiger partial charge in [-0.3, -0.25) is 9.59 Å². The third kappa shape index (κ3) is 7.91. The van der Waals surface area contributed by atoms with Gasteiger partial charge in [0, 0.05) is 12.0 Å². The van der Waals surface area contributed by atoms with E-state index in [4.69, 9.17) is 11.3 Å². The minimum absolute atomic E-state index is 0.105. The van der Waals surface area contributed by atoms with Crippen molar-refractivity contribution >= 4 is 17.6 Å². The first-order chi connectivity index (χ1) is 17.7. The molecule has 3 aromatic carbocycles. The van der Waals surface area contributed by atoms with Crippen molar-refractivity contribution < 1.29 is 23.8 Å². The first kappa shape index (κ1) is 27.4. The number of nitrogens with zero attached hydrogens (tertiary/aromatic N) is 1. The average molecular weight is 503 g/mol. The maximum absolute atomic E-state index is 13.9. The van der Waals surface area contributed by atoms with Crippen molar-refractivity contribution in [2.45, 2.75) is 52.7 Å². The topological polar surface area (TPSA) is 80.0 Å². The fourth-order valence-corrected chi connectivity index (χ4v) is 4.06. The van der Waals surface area contributed by atoms with Gasteiger partial charge < -0.3 is 15.2 Å². The SMILES string of the molecule is [C-]#[N+]c1cccc(OCc2ccc(CCC(=O)O)c(C(=O)NC(CC(C)C)c3ccc(F)c(C)c3)c2)c1. The van der Waals surface area contributed by atoms with Crippen LogP contribution in [0.4, 0.5) is 10.1 Å². The van der Waals surface area contributed by atoms with Crippen molar-refractivity contribution in [2.24, 2.45) is 5.92 Å². The van der Waals surface area contributed by atoms with Crippen LogP contribution in [0.1, 0.15) is 65.3 Å². The molecule has 1 atom stereocenters. The van der Waals surface area contributed by atoms with Crippen LogP contribution in [0.2, 0.25) is 0 Å². The zero-order chi connectivity index (χ0) is 26.9. The number of amides is 1. The molecule has 0 aliphatic rings. The number of ether oxygens (including phenoxy) is 1. The van der Waals surface area contributed by atoms with Gasteiger partial charge in [-0.1, -0.05) is 50.2 Å². The number of nitrogens with one attached hydrogen (secondary N) is 1. The molecule has 1 unspecified atom stereocenters. The van der Waals surface area contributed by atoms with Gasteiger partial charge in [0.25, 0.3) is 5.91 Å². The molecule has 3 rings (SSSR count). The summed E-state index contributed by atoms with van der Waals surface area (Å²) >= 11 is 0. The van der Waals surface area contributed by atoms with Crippen molar-refractivity contribution in [1.29, 1.82) is 0 Å². The molecule has 0 heterocycles. The van der Waals surface area contributed by atoms with Gasteiger partial charge in [0.2, 0.25) is 0 Å². The summed E-state index contributed by atoms with van der Waals surface area (Å²) in [6, 6.07) is 16.6. The quantitative estimate of drug-likeness (QED) is 0.283. The lowest BCUT2D eigenvalue weighted by Crippen LogP contribution is -2.30. The highest BCUT2D eigenvalue weighted by Gasteiger charge is 2.21. The molecule has 2 N–H and O–H groups in total. The Labute approximate surface area is 216 Å². The Morgan fingerprint density at radius 2 is 1.89 bits per heavy atom. The van der Waals surface area contributed by atoms with E-state index < -0.39 is 5.97 Å². The molecule has 0 saturated heterocycles. The Bertz CT molecular complexity index is 1310. The Morgan fingerprint density at radius 1 is 1.11 bits per heavy atom. The summed E-state index contributed by atoms with van der Waals surface area (Å²) < 4.78 is 19.7. The average Bonchev–Trinajstić information content (AvgIpc) is 2.87. The van der Waals surface area contributed by atoms with Gasteiger partial charge in [-0.15, -0.1) is 0 Å². The van der Waals surface area contributed by atoms with Crippen LogP contribution in [-0.2, 0) is 17.8 Å². The summed E-state index contributed by atoms with van der Waals surface area (Å²) in [6.45, 7) is 13.1. The van der Waals surface area contributed by atoms with Crippen LogP contribution in [0.5, 0.6) is 5.75 Å². The van der Waals surface area contributed by atoms with Crippen LogP contribution < -0.4 is 10.1 Å². The van der Waals surface area contributed by atoms with E-state index in [0.717, 1.165) is 11.1 Å². The monoisotopic (exact) mass is 502 g/mol. The van der Waals surface area contributed by atoms with E-state index in [0.29, 0.717) is 34.5 Å². The molecule has 0 bridgehead atoms. The highest BCUT2D eigenvalue weighted by Crippen LogP contribution is 2.26. The number of halogens is 1.